The normalized spacial score (nSPS) is 27.3. The summed E-state index contributed by atoms with van der Waals surface area (Å²) < 4.78 is 24.6. The molecule has 9 heavy (non-hydrogen) atoms. The van der Waals surface area contributed by atoms with Crippen LogP contribution in [0.15, 0.2) is 24.1 Å². The molecule has 1 unspecified atom stereocenters. The third kappa shape index (κ3) is 1.96. The van der Waals surface area contributed by atoms with Crippen LogP contribution >= 0.6 is 0 Å². The second kappa shape index (κ2) is 2.76. The van der Waals surface area contributed by atoms with Gasteiger partial charge in [0.25, 0.3) is 0 Å². The van der Waals surface area contributed by atoms with Crippen LogP contribution in [0.4, 0.5) is 8.78 Å². The standard InChI is InChI=1S/C7H8F2/c8-6-2-1-3-7(9)5-4-6/h1-3,6H,4-5H2. The Balaban J connectivity index is 2.55. The Morgan fingerprint density at radius 2 is 2.33 bits per heavy atom. The number of alkyl halides is 1. The van der Waals surface area contributed by atoms with Crippen molar-refractivity contribution in [1.29, 1.82) is 0 Å². The van der Waals surface area contributed by atoms with E-state index in [0.29, 0.717) is 0 Å². The molecule has 0 bridgehead atoms. The summed E-state index contributed by atoms with van der Waals surface area (Å²) in [6.07, 6.45) is 3.64. The van der Waals surface area contributed by atoms with Gasteiger partial charge < -0.3 is 0 Å². The van der Waals surface area contributed by atoms with Gasteiger partial charge in [0, 0.05) is 6.42 Å². The van der Waals surface area contributed by atoms with Gasteiger partial charge in [0.05, 0.1) is 0 Å². The number of allylic oxidation sites excluding steroid dienone is 4. The van der Waals surface area contributed by atoms with Crippen molar-refractivity contribution in [2.75, 3.05) is 0 Å². The maximum absolute atomic E-state index is 12.3. The van der Waals surface area contributed by atoms with Crippen LogP contribution in [0, 0.1) is 0 Å². The molecule has 0 aromatic heterocycles. The number of halogens is 2. The van der Waals surface area contributed by atoms with E-state index in [1.807, 2.05) is 0 Å². The van der Waals surface area contributed by atoms with Crippen molar-refractivity contribution in [1.82, 2.24) is 0 Å². The summed E-state index contributed by atoms with van der Waals surface area (Å²) >= 11 is 0. The Kier molecular flexibility index (Phi) is 1.98. The van der Waals surface area contributed by atoms with E-state index in [-0.39, 0.29) is 18.7 Å². The lowest BCUT2D eigenvalue weighted by Gasteiger charge is -1.95. The molecule has 0 saturated heterocycles. The van der Waals surface area contributed by atoms with E-state index < -0.39 is 6.17 Å². The largest absolute Gasteiger partial charge is 0.243 e. The predicted octanol–water partition coefficient (Wildman–Crippen LogP) is 2.53. The molecule has 0 fully saturated rings. The number of hydrogen-bond acceptors (Lipinski definition) is 0. The zero-order valence-corrected chi connectivity index (χ0v) is 4.98. The molecular weight excluding hydrogens is 122 g/mol. The highest BCUT2D eigenvalue weighted by Crippen LogP contribution is 2.15. The second-order valence-electron chi connectivity index (χ2n) is 2.05. The quantitative estimate of drug-likeness (QED) is 0.472. The van der Waals surface area contributed by atoms with Crippen LogP contribution in [-0.2, 0) is 0 Å². The van der Waals surface area contributed by atoms with E-state index in [1.165, 1.54) is 18.2 Å². The second-order valence-corrected chi connectivity index (χ2v) is 2.05. The molecule has 2 heteroatoms. The van der Waals surface area contributed by atoms with Crippen LogP contribution in [0.5, 0.6) is 0 Å². The first kappa shape index (κ1) is 6.46. The summed E-state index contributed by atoms with van der Waals surface area (Å²) in [7, 11) is 0. The fourth-order valence-corrected chi connectivity index (χ4v) is 0.736. The maximum Gasteiger partial charge on any atom is 0.119 e. The molecule has 0 amide bonds. The third-order valence-electron chi connectivity index (χ3n) is 1.26. The minimum atomic E-state index is -0.963. The number of hydrogen-bond donors (Lipinski definition) is 0. The van der Waals surface area contributed by atoms with Crippen molar-refractivity contribution >= 4 is 0 Å². The predicted molar refractivity (Wildman–Crippen MR) is 32.5 cm³/mol. The van der Waals surface area contributed by atoms with Crippen molar-refractivity contribution in [2.24, 2.45) is 0 Å². The van der Waals surface area contributed by atoms with Crippen LogP contribution in [0.1, 0.15) is 12.8 Å². The van der Waals surface area contributed by atoms with Crippen molar-refractivity contribution in [3.05, 3.63) is 24.1 Å². The Labute approximate surface area is 52.9 Å². The van der Waals surface area contributed by atoms with Crippen LogP contribution in [0.2, 0.25) is 0 Å². The molecule has 1 aliphatic carbocycles. The highest BCUT2D eigenvalue weighted by Gasteiger charge is 2.05. The minimum Gasteiger partial charge on any atom is -0.243 e. The van der Waals surface area contributed by atoms with Crippen LogP contribution in [0.25, 0.3) is 0 Å². The van der Waals surface area contributed by atoms with Crippen LogP contribution in [0.3, 0.4) is 0 Å². The Bertz CT molecular complexity index is 147. The molecule has 0 aliphatic heterocycles. The summed E-state index contributed by atoms with van der Waals surface area (Å²) in [5.74, 6) is -0.230. The summed E-state index contributed by atoms with van der Waals surface area (Å²) in [6, 6.07) is 0. The van der Waals surface area contributed by atoms with Crippen molar-refractivity contribution < 1.29 is 8.78 Å². The van der Waals surface area contributed by atoms with Gasteiger partial charge in [-0.1, -0.05) is 12.2 Å². The van der Waals surface area contributed by atoms with Gasteiger partial charge in [0.1, 0.15) is 12.0 Å². The van der Waals surface area contributed by atoms with E-state index in [0.717, 1.165) is 0 Å². The molecule has 50 valence electrons. The zero-order chi connectivity index (χ0) is 6.69. The summed E-state index contributed by atoms with van der Waals surface area (Å²) in [6.45, 7) is 0. The van der Waals surface area contributed by atoms with Gasteiger partial charge in [0.2, 0.25) is 0 Å². The van der Waals surface area contributed by atoms with E-state index in [9.17, 15) is 8.78 Å². The fraction of sp³-hybridized carbons (Fsp3) is 0.429. The Morgan fingerprint density at radius 1 is 1.56 bits per heavy atom. The topological polar surface area (TPSA) is 0 Å². The summed E-state index contributed by atoms with van der Waals surface area (Å²) in [5.41, 5.74) is 0. The summed E-state index contributed by atoms with van der Waals surface area (Å²) in [4.78, 5) is 0. The minimum absolute atomic E-state index is 0.230. The van der Waals surface area contributed by atoms with Crippen LogP contribution in [-0.4, -0.2) is 6.17 Å². The van der Waals surface area contributed by atoms with Crippen LogP contribution < -0.4 is 0 Å². The average Bonchev–Trinajstić information content (AvgIpc) is 1.97. The van der Waals surface area contributed by atoms with E-state index in [2.05, 4.69) is 0 Å². The third-order valence-corrected chi connectivity index (χ3v) is 1.26. The molecule has 0 nitrogen and oxygen atoms in total. The molecule has 0 spiro atoms. The average molecular weight is 130 g/mol. The van der Waals surface area contributed by atoms with E-state index in [1.54, 1.807) is 0 Å². The molecule has 1 rings (SSSR count). The number of rotatable bonds is 0. The van der Waals surface area contributed by atoms with E-state index >= 15 is 0 Å². The lowest BCUT2D eigenvalue weighted by atomic mass is 10.2. The van der Waals surface area contributed by atoms with Gasteiger partial charge in [-0.2, -0.15) is 0 Å². The molecule has 1 atom stereocenters. The Morgan fingerprint density at radius 3 is 3.11 bits per heavy atom. The lowest BCUT2D eigenvalue weighted by molar-refractivity contribution is 0.371. The molecule has 0 radical (unpaired) electrons. The smallest absolute Gasteiger partial charge is 0.119 e. The van der Waals surface area contributed by atoms with Gasteiger partial charge in [-0.05, 0) is 12.5 Å². The first-order valence-electron chi connectivity index (χ1n) is 2.96. The van der Waals surface area contributed by atoms with Gasteiger partial charge >= 0.3 is 0 Å². The lowest BCUT2D eigenvalue weighted by Crippen LogP contribution is -1.91. The molecule has 0 N–H and O–H groups in total. The molecule has 0 aromatic carbocycles. The molecule has 0 saturated carbocycles. The highest BCUT2D eigenvalue weighted by atomic mass is 19.1. The van der Waals surface area contributed by atoms with Crippen molar-refractivity contribution in [3.63, 3.8) is 0 Å². The van der Waals surface area contributed by atoms with Crippen molar-refractivity contribution in [2.45, 2.75) is 19.0 Å². The molecule has 1 aliphatic rings. The maximum atomic E-state index is 12.3. The van der Waals surface area contributed by atoms with Gasteiger partial charge in [0.15, 0.2) is 0 Å². The Hall–Kier alpha value is -0.660. The first-order chi connectivity index (χ1) is 4.29. The van der Waals surface area contributed by atoms with Gasteiger partial charge in [-0.15, -0.1) is 0 Å². The highest BCUT2D eigenvalue weighted by molar-refractivity contribution is 5.12. The van der Waals surface area contributed by atoms with Crippen molar-refractivity contribution in [3.8, 4) is 0 Å². The zero-order valence-electron chi connectivity index (χ0n) is 4.98. The molecule has 0 heterocycles. The SMILES string of the molecule is FC1=CC=CC(F)CC1. The monoisotopic (exact) mass is 130 g/mol. The molecular formula is C7H8F2. The fourth-order valence-electron chi connectivity index (χ4n) is 0.736. The van der Waals surface area contributed by atoms with Gasteiger partial charge in [-0.3, -0.25) is 0 Å². The van der Waals surface area contributed by atoms with Gasteiger partial charge in [-0.25, -0.2) is 8.78 Å². The molecule has 0 aromatic rings. The summed E-state index contributed by atoms with van der Waals surface area (Å²) in [5, 5.41) is 0. The van der Waals surface area contributed by atoms with E-state index in [4.69, 9.17) is 0 Å². The first-order valence-corrected chi connectivity index (χ1v) is 2.96.